The largest absolute Gasteiger partial charge is 0.431 e. The van der Waals surface area contributed by atoms with E-state index in [-0.39, 0.29) is 24.2 Å². The molecule has 1 aromatic rings. The van der Waals surface area contributed by atoms with Crippen molar-refractivity contribution in [2.24, 2.45) is 5.41 Å². The van der Waals surface area contributed by atoms with Gasteiger partial charge in [-0.3, -0.25) is 9.80 Å². The molecule has 0 unspecified atom stereocenters. The Morgan fingerprint density at radius 3 is 2.23 bits per heavy atom. The number of alkyl halides is 3. The van der Waals surface area contributed by atoms with Gasteiger partial charge in [0.2, 0.25) is 0 Å². The molecule has 1 aromatic carbocycles. The lowest BCUT2D eigenvalue weighted by atomic mass is 9.75. The number of rotatable bonds is 7. The highest BCUT2D eigenvalue weighted by molar-refractivity contribution is 9.10. The summed E-state index contributed by atoms with van der Waals surface area (Å²) in [6.07, 6.45) is 8.78. The minimum Gasteiger partial charge on any atom is -0.292 e. The molecule has 1 saturated carbocycles. The minimum atomic E-state index is -4.72. The van der Waals surface area contributed by atoms with Crippen molar-refractivity contribution in [1.29, 1.82) is 0 Å². The summed E-state index contributed by atoms with van der Waals surface area (Å²) in [6, 6.07) is 1.76. The van der Waals surface area contributed by atoms with Gasteiger partial charge < -0.3 is 0 Å². The molecule has 0 aromatic heterocycles. The summed E-state index contributed by atoms with van der Waals surface area (Å²) in [5.74, 6) is -0.726. The average Bonchev–Trinajstić information content (AvgIpc) is 3.08. The molecular weight excluding hydrogens is 572 g/mol. The summed E-state index contributed by atoms with van der Waals surface area (Å²) in [6.45, 7) is 15.7. The van der Waals surface area contributed by atoms with E-state index in [9.17, 15) is 22.4 Å². The van der Waals surface area contributed by atoms with Crippen LogP contribution in [0.15, 0.2) is 65.5 Å². The molecular formula is C31H43BrF4N2O. The first kappa shape index (κ1) is 34.7. The number of halogens is 5. The molecule has 3 rings (SSSR count). The van der Waals surface area contributed by atoms with E-state index in [4.69, 9.17) is 0 Å². The molecule has 1 aliphatic carbocycles. The van der Waals surface area contributed by atoms with Gasteiger partial charge in [-0.15, -0.1) is 13.2 Å². The molecule has 0 spiro atoms. The van der Waals surface area contributed by atoms with Gasteiger partial charge in [0.15, 0.2) is 0 Å². The number of carbonyl (C=O) groups excluding carboxylic acids is 1. The van der Waals surface area contributed by atoms with E-state index in [0.29, 0.717) is 15.8 Å². The van der Waals surface area contributed by atoms with Crippen LogP contribution in [-0.2, 0) is 6.42 Å². The van der Waals surface area contributed by atoms with Crippen LogP contribution in [0.1, 0.15) is 84.6 Å². The molecule has 2 amide bonds. The van der Waals surface area contributed by atoms with Gasteiger partial charge in [0.1, 0.15) is 11.5 Å². The lowest BCUT2D eigenvalue weighted by molar-refractivity contribution is -0.106. The Morgan fingerprint density at radius 1 is 1.18 bits per heavy atom. The van der Waals surface area contributed by atoms with Crippen LogP contribution < -0.4 is 4.90 Å². The number of unbranched alkanes of at least 4 members (excludes halogenated alkanes) is 1. The van der Waals surface area contributed by atoms with E-state index in [1.165, 1.54) is 37.0 Å². The van der Waals surface area contributed by atoms with E-state index in [1.807, 2.05) is 6.08 Å². The summed E-state index contributed by atoms with van der Waals surface area (Å²) in [4.78, 5) is 14.1. The van der Waals surface area contributed by atoms with Crippen LogP contribution in [-0.4, -0.2) is 24.2 Å². The Bertz CT molecular complexity index is 1070. The fraction of sp³-hybridized carbons (Fsp3) is 0.516. The third kappa shape index (κ3) is 9.09. The van der Waals surface area contributed by atoms with Gasteiger partial charge in [-0.05, 0) is 68.2 Å². The van der Waals surface area contributed by atoms with Crippen LogP contribution in [0.4, 0.5) is 28.0 Å². The number of nitrogens with zero attached hydrogens (tertiary/aromatic N) is 2. The van der Waals surface area contributed by atoms with Crippen molar-refractivity contribution in [3.8, 4) is 0 Å². The topological polar surface area (TPSA) is 23.6 Å². The molecule has 0 saturated heterocycles. The molecule has 218 valence electrons. The van der Waals surface area contributed by atoms with Crippen LogP contribution in [0.2, 0.25) is 0 Å². The third-order valence-corrected chi connectivity index (χ3v) is 7.85. The van der Waals surface area contributed by atoms with Gasteiger partial charge in [-0.1, -0.05) is 80.6 Å². The van der Waals surface area contributed by atoms with Crippen molar-refractivity contribution in [3.63, 3.8) is 0 Å². The molecule has 8 heteroatoms. The lowest BCUT2D eigenvalue weighted by Crippen LogP contribution is -2.47. The van der Waals surface area contributed by atoms with Gasteiger partial charge in [0, 0.05) is 17.2 Å². The molecule has 1 heterocycles. The summed E-state index contributed by atoms with van der Waals surface area (Å²) >= 11 is 3.41. The van der Waals surface area contributed by atoms with E-state index in [2.05, 4.69) is 49.5 Å². The van der Waals surface area contributed by atoms with Crippen LogP contribution in [0.5, 0.6) is 0 Å². The van der Waals surface area contributed by atoms with E-state index in [1.54, 1.807) is 0 Å². The van der Waals surface area contributed by atoms with Crippen LogP contribution in [0, 0.1) is 11.2 Å². The van der Waals surface area contributed by atoms with Crippen molar-refractivity contribution >= 4 is 27.6 Å². The van der Waals surface area contributed by atoms with Gasteiger partial charge in [-0.25, -0.2) is 9.18 Å². The molecule has 0 N–H and O–H groups in total. The number of amides is 2. The lowest BCUT2D eigenvalue weighted by Gasteiger charge is -2.36. The number of urea groups is 1. The van der Waals surface area contributed by atoms with Crippen molar-refractivity contribution < 1.29 is 22.4 Å². The second kappa shape index (κ2) is 14.9. The summed E-state index contributed by atoms with van der Waals surface area (Å²) in [5, 5.41) is 0. The monoisotopic (exact) mass is 614 g/mol. The van der Waals surface area contributed by atoms with Gasteiger partial charge in [0.05, 0.1) is 5.69 Å². The highest BCUT2D eigenvalue weighted by Crippen LogP contribution is 2.43. The predicted octanol–water partition coefficient (Wildman–Crippen LogP) is 10.9. The highest BCUT2D eigenvalue weighted by atomic mass is 79.9. The zero-order valence-electron chi connectivity index (χ0n) is 22.7. The molecule has 0 radical (unpaired) electrons. The Labute approximate surface area is 240 Å². The molecule has 1 fully saturated rings. The normalized spacial score (nSPS) is 17.4. The first-order valence-electron chi connectivity index (χ1n) is 13.1. The number of hydrogen-bond donors (Lipinski definition) is 0. The maximum atomic E-state index is 14.9. The van der Waals surface area contributed by atoms with Gasteiger partial charge in [-0.2, -0.15) is 13.2 Å². The molecule has 3 nitrogen and oxygen atoms in total. The highest BCUT2D eigenvalue weighted by Gasteiger charge is 2.43. The Kier molecular flexibility index (Phi) is 13.2. The summed E-state index contributed by atoms with van der Waals surface area (Å²) in [7, 11) is 1.01. The Balaban J connectivity index is 0.000000841. The predicted molar refractivity (Wildman–Crippen MR) is 158 cm³/mol. The number of hydrogen-bond acceptors (Lipinski definition) is 1. The molecule has 39 heavy (non-hydrogen) atoms. The van der Waals surface area contributed by atoms with Crippen LogP contribution in [0.3, 0.4) is 0 Å². The Hall–Kier alpha value is -2.35. The summed E-state index contributed by atoms with van der Waals surface area (Å²) in [5.41, 5.74) is 0.437. The number of anilines is 1. The zero-order chi connectivity index (χ0) is 28.7. The van der Waals surface area contributed by atoms with E-state index >= 15 is 0 Å². The van der Waals surface area contributed by atoms with Crippen LogP contribution >= 0.6 is 15.9 Å². The molecule has 0 atom stereocenters. The van der Waals surface area contributed by atoms with E-state index in [0.717, 1.165) is 62.1 Å². The van der Waals surface area contributed by atoms with Crippen molar-refractivity contribution in [1.82, 2.24) is 4.90 Å². The second-order valence-electron chi connectivity index (χ2n) is 10.3. The first-order valence-corrected chi connectivity index (χ1v) is 13.9. The third-order valence-electron chi connectivity index (χ3n) is 7.11. The van der Waals surface area contributed by atoms with E-state index < -0.39 is 23.7 Å². The average molecular weight is 616 g/mol. The maximum Gasteiger partial charge on any atom is 0.431 e. The molecule has 2 aliphatic rings. The molecule has 1 aliphatic heterocycles. The SMILES string of the molecule is C.C=C(C)CCCC.C=CC1(Cc2cc(N3C(=C)C=C(C(F)(F)F)N(C)C3=O)c(F)cc2Br)CCCCCC1. The van der Waals surface area contributed by atoms with Crippen molar-refractivity contribution in [2.45, 2.75) is 91.7 Å². The first-order chi connectivity index (χ1) is 17.8. The minimum absolute atomic E-state index is 0. The zero-order valence-corrected chi connectivity index (χ0v) is 24.3. The van der Waals surface area contributed by atoms with Gasteiger partial charge in [0.25, 0.3) is 0 Å². The molecule has 0 bridgehead atoms. The Morgan fingerprint density at radius 2 is 1.77 bits per heavy atom. The summed E-state index contributed by atoms with van der Waals surface area (Å²) < 4.78 is 55.1. The number of allylic oxidation sites excluding steroid dienone is 4. The fourth-order valence-corrected chi connectivity index (χ4v) is 5.31. The van der Waals surface area contributed by atoms with Crippen molar-refractivity contribution in [3.05, 3.63) is 76.8 Å². The van der Waals surface area contributed by atoms with Gasteiger partial charge >= 0.3 is 12.2 Å². The van der Waals surface area contributed by atoms with Crippen LogP contribution in [0.25, 0.3) is 0 Å². The second-order valence-corrected chi connectivity index (χ2v) is 11.2. The van der Waals surface area contributed by atoms with Crippen molar-refractivity contribution in [2.75, 3.05) is 11.9 Å². The maximum absolute atomic E-state index is 14.9. The smallest absolute Gasteiger partial charge is 0.292 e. The quantitative estimate of drug-likeness (QED) is 0.170. The number of carbonyl (C=O) groups is 1. The standard InChI is InChI=1S/C23H25BrF4N2O.C7H14.CH4/c1-4-22(9-7-5-6-8-10-22)14-16-12-19(18(25)13-17(16)24)30-15(2)11-20(23(26,27)28)29(3)21(30)31;1-4-5-6-7(2)3;/h4,11-13H,1-2,5-10,14H2,3H3;2,4-6H2,1,3H3;1H4. The number of benzene rings is 1. The fourth-order valence-electron chi connectivity index (χ4n) is 4.86.